The largest absolute Gasteiger partial charge is 0.329 e. The molecule has 0 fully saturated rings. The summed E-state index contributed by atoms with van der Waals surface area (Å²) in [7, 11) is 0. The second kappa shape index (κ2) is 4.53. The molecule has 2 heteroatoms. The van der Waals surface area contributed by atoms with Crippen molar-refractivity contribution in [2.75, 3.05) is 12.8 Å². The molecule has 0 bridgehead atoms. The fraction of sp³-hybridized carbons (Fsp3) is 0.400. The molecule has 1 nitrogen and oxygen atoms in total. The van der Waals surface area contributed by atoms with Crippen molar-refractivity contribution in [1.82, 2.24) is 0 Å². The van der Waals surface area contributed by atoms with E-state index in [0.29, 0.717) is 11.8 Å². The number of hydrogen-bond acceptors (Lipinski definition) is 2. The molecule has 0 saturated heterocycles. The summed E-state index contributed by atoms with van der Waals surface area (Å²) in [5.41, 5.74) is 8.37. The van der Waals surface area contributed by atoms with Crippen LogP contribution in [0.5, 0.6) is 0 Å². The van der Waals surface area contributed by atoms with E-state index in [9.17, 15) is 0 Å². The van der Waals surface area contributed by atoms with Crippen LogP contribution in [-0.2, 0) is 0 Å². The van der Waals surface area contributed by atoms with E-state index in [4.69, 9.17) is 5.73 Å². The number of hydrogen-bond donors (Lipinski definition) is 1. The maximum Gasteiger partial charge on any atom is 0.0419 e. The normalized spacial score (nSPS) is 12.9. The molecule has 0 heterocycles. The first kappa shape index (κ1) is 9.62. The molecule has 0 aromatic heterocycles. The summed E-state index contributed by atoms with van der Waals surface area (Å²) in [6, 6.07) is 8.42. The molecule has 0 spiro atoms. The maximum absolute atomic E-state index is 5.66. The van der Waals surface area contributed by atoms with Crippen LogP contribution in [0.4, 0.5) is 0 Å². The molecule has 1 aromatic carbocycles. The highest BCUT2D eigenvalue weighted by Gasteiger charge is 2.08. The van der Waals surface area contributed by atoms with Crippen LogP contribution in [0.25, 0.3) is 0 Å². The van der Waals surface area contributed by atoms with Crippen LogP contribution in [0.3, 0.4) is 0 Å². The van der Waals surface area contributed by atoms with Crippen LogP contribution in [-0.4, -0.2) is 12.8 Å². The second-order valence-corrected chi connectivity index (χ2v) is 3.86. The van der Waals surface area contributed by atoms with Crippen molar-refractivity contribution in [2.45, 2.75) is 12.2 Å². The van der Waals surface area contributed by atoms with Crippen molar-refractivity contribution in [3.05, 3.63) is 35.4 Å². The standard InChI is InChI=1S/C10H15NS/c1-8-5-3-4-6-9(8)10(7-11)12-2/h3-6,10H,7,11H2,1-2H3. The third kappa shape index (κ3) is 2.02. The van der Waals surface area contributed by atoms with Crippen LogP contribution in [0.15, 0.2) is 24.3 Å². The molecule has 0 aliphatic heterocycles. The summed E-state index contributed by atoms with van der Waals surface area (Å²) in [5, 5.41) is 0.450. The zero-order valence-electron chi connectivity index (χ0n) is 7.58. The molecule has 0 radical (unpaired) electrons. The predicted octanol–water partition coefficient (Wildman–Crippen LogP) is 2.36. The molecule has 0 aliphatic carbocycles. The van der Waals surface area contributed by atoms with E-state index in [2.05, 4.69) is 37.4 Å². The zero-order chi connectivity index (χ0) is 8.97. The summed E-state index contributed by atoms with van der Waals surface area (Å²) in [5.74, 6) is 0. The topological polar surface area (TPSA) is 26.0 Å². The summed E-state index contributed by atoms with van der Waals surface area (Å²) in [4.78, 5) is 0. The van der Waals surface area contributed by atoms with Crippen molar-refractivity contribution in [1.29, 1.82) is 0 Å². The molecule has 1 atom stereocenters. The Hall–Kier alpha value is -0.470. The van der Waals surface area contributed by atoms with Crippen molar-refractivity contribution in [3.8, 4) is 0 Å². The molecule has 2 N–H and O–H groups in total. The van der Waals surface area contributed by atoms with Crippen LogP contribution < -0.4 is 5.73 Å². The molecular weight excluding hydrogens is 166 g/mol. The lowest BCUT2D eigenvalue weighted by Gasteiger charge is -2.14. The van der Waals surface area contributed by atoms with E-state index >= 15 is 0 Å². The number of benzene rings is 1. The van der Waals surface area contributed by atoms with Gasteiger partial charge in [0.2, 0.25) is 0 Å². The van der Waals surface area contributed by atoms with Gasteiger partial charge in [0.05, 0.1) is 0 Å². The van der Waals surface area contributed by atoms with Gasteiger partial charge in [-0.15, -0.1) is 0 Å². The molecule has 1 rings (SSSR count). The van der Waals surface area contributed by atoms with Crippen molar-refractivity contribution < 1.29 is 0 Å². The molecule has 0 saturated carbocycles. The predicted molar refractivity (Wildman–Crippen MR) is 56.5 cm³/mol. The van der Waals surface area contributed by atoms with E-state index in [1.54, 1.807) is 0 Å². The van der Waals surface area contributed by atoms with Crippen molar-refractivity contribution >= 4 is 11.8 Å². The van der Waals surface area contributed by atoms with Crippen LogP contribution >= 0.6 is 11.8 Å². The first-order valence-electron chi connectivity index (χ1n) is 4.08. The Bertz CT molecular complexity index is 243. The van der Waals surface area contributed by atoms with Crippen molar-refractivity contribution in [2.24, 2.45) is 5.73 Å². The van der Waals surface area contributed by atoms with E-state index in [1.165, 1.54) is 11.1 Å². The van der Waals surface area contributed by atoms with Gasteiger partial charge >= 0.3 is 0 Å². The molecule has 1 unspecified atom stereocenters. The Morgan fingerprint density at radius 3 is 2.58 bits per heavy atom. The first-order chi connectivity index (χ1) is 5.79. The molecule has 1 aromatic rings. The number of aryl methyl sites for hydroxylation is 1. The molecule has 12 heavy (non-hydrogen) atoms. The summed E-state index contributed by atoms with van der Waals surface area (Å²) >= 11 is 1.81. The fourth-order valence-electron chi connectivity index (χ4n) is 1.30. The fourth-order valence-corrected chi connectivity index (χ4v) is 2.01. The average molecular weight is 181 g/mol. The van der Waals surface area contributed by atoms with Gasteiger partial charge in [-0.3, -0.25) is 0 Å². The molecule has 0 aliphatic rings. The molecular formula is C10H15NS. The lowest BCUT2D eigenvalue weighted by Crippen LogP contribution is -2.09. The smallest absolute Gasteiger partial charge is 0.0419 e. The van der Waals surface area contributed by atoms with Crippen LogP contribution in [0, 0.1) is 6.92 Å². The van der Waals surface area contributed by atoms with E-state index in [0.717, 1.165) is 0 Å². The van der Waals surface area contributed by atoms with Crippen LogP contribution in [0.2, 0.25) is 0 Å². The Morgan fingerprint density at radius 1 is 1.42 bits per heavy atom. The number of nitrogens with two attached hydrogens (primary N) is 1. The number of thioether (sulfide) groups is 1. The first-order valence-corrected chi connectivity index (χ1v) is 5.36. The highest BCUT2D eigenvalue weighted by Crippen LogP contribution is 2.27. The minimum absolute atomic E-state index is 0.450. The highest BCUT2D eigenvalue weighted by atomic mass is 32.2. The monoisotopic (exact) mass is 181 g/mol. The van der Waals surface area contributed by atoms with E-state index < -0.39 is 0 Å². The van der Waals surface area contributed by atoms with Gasteiger partial charge in [-0.1, -0.05) is 24.3 Å². The maximum atomic E-state index is 5.66. The van der Waals surface area contributed by atoms with Gasteiger partial charge in [-0.05, 0) is 24.3 Å². The Morgan fingerprint density at radius 2 is 2.08 bits per heavy atom. The Kier molecular flexibility index (Phi) is 3.63. The van der Waals surface area contributed by atoms with Gasteiger partial charge in [-0.25, -0.2) is 0 Å². The van der Waals surface area contributed by atoms with Gasteiger partial charge in [0, 0.05) is 11.8 Å². The van der Waals surface area contributed by atoms with E-state index in [-0.39, 0.29) is 0 Å². The third-order valence-corrected chi connectivity index (χ3v) is 3.05. The average Bonchev–Trinajstić information content (AvgIpc) is 2.10. The summed E-state index contributed by atoms with van der Waals surface area (Å²) < 4.78 is 0. The van der Waals surface area contributed by atoms with Crippen LogP contribution in [0.1, 0.15) is 16.4 Å². The summed E-state index contributed by atoms with van der Waals surface area (Å²) in [6.07, 6.45) is 2.10. The van der Waals surface area contributed by atoms with Gasteiger partial charge in [0.1, 0.15) is 0 Å². The summed E-state index contributed by atoms with van der Waals surface area (Å²) in [6.45, 7) is 2.85. The quantitative estimate of drug-likeness (QED) is 0.774. The van der Waals surface area contributed by atoms with Crippen molar-refractivity contribution in [3.63, 3.8) is 0 Å². The van der Waals surface area contributed by atoms with Gasteiger partial charge < -0.3 is 5.73 Å². The molecule has 0 amide bonds. The lowest BCUT2D eigenvalue weighted by atomic mass is 10.1. The van der Waals surface area contributed by atoms with Gasteiger partial charge in [-0.2, -0.15) is 11.8 Å². The highest BCUT2D eigenvalue weighted by molar-refractivity contribution is 7.98. The zero-order valence-corrected chi connectivity index (χ0v) is 8.40. The second-order valence-electron chi connectivity index (χ2n) is 2.82. The third-order valence-electron chi connectivity index (χ3n) is 2.03. The minimum atomic E-state index is 0.450. The number of rotatable bonds is 3. The van der Waals surface area contributed by atoms with Gasteiger partial charge in [0.25, 0.3) is 0 Å². The Balaban J connectivity index is 2.92. The van der Waals surface area contributed by atoms with Gasteiger partial charge in [0.15, 0.2) is 0 Å². The Labute approximate surface area is 78.4 Å². The van der Waals surface area contributed by atoms with E-state index in [1.807, 2.05) is 11.8 Å². The molecule has 66 valence electrons. The SMILES string of the molecule is CSC(CN)c1ccccc1C. The minimum Gasteiger partial charge on any atom is -0.329 e. The lowest BCUT2D eigenvalue weighted by molar-refractivity contribution is 0.934.